The lowest BCUT2D eigenvalue weighted by Gasteiger charge is -1.97. The molecule has 0 unspecified atom stereocenters. The Bertz CT molecular complexity index is 441. The van der Waals surface area contributed by atoms with E-state index in [4.69, 9.17) is 17.1 Å². The highest BCUT2D eigenvalue weighted by molar-refractivity contribution is 7.79. The van der Waals surface area contributed by atoms with E-state index in [0.29, 0.717) is 5.69 Å². The van der Waals surface area contributed by atoms with Gasteiger partial charge in [0, 0.05) is 22.0 Å². The molecule has 14 heavy (non-hydrogen) atoms. The Balaban J connectivity index is 3.14. The van der Waals surface area contributed by atoms with Crippen molar-refractivity contribution in [1.82, 2.24) is 4.98 Å². The number of carbonyl (C=O) groups excluding carboxylic acids is 1. The van der Waals surface area contributed by atoms with Crippen LogP contribution in [0.2, 0.25) is 5.02 Å². The number of hydrogen-bond donors (Lipinski definition) is 0. The second kappa shape index (κ2) is 4.66. The SMILES string of the molecule is [N-]=[N+]=NC(=O)c1cnc(C=S)c(Cl)c1. The molecule has 0 fully saturated rings. The maximum absolute atomic E-state index is 11.0. The fraction of sp³-hybridized carbons (Fsp3) is 0. The van der Waals surface area contributed by atoms with Crippen LogP contribution in [0.25, 0.3) is 10.4 Å². The van der Waals surface area contributed by atoms with E-state index >= 15 is 0 Å². The van der Waals surface area contributed by atoms with Gasteiger partial charge in [-0.2, -0.15) is 0 Å². The third-order valence-electron chi connectivity index (χ3n) is 1.36. The number of hydrogen-bond acceptors (Lipinski definition) is 3. The summed E-state index contributed by atoms with van der Waals surface area (Å²) in [5.41, 5.74) is 8.56. The van der Waals surface area contributed by atoms with E-state index in [-0.39, 0.29) is 10.6 Å². The quantitative estimate of drug-likeness (QED) is 0.336. The minimum atomic E-state index is -0.724. The van der Waals surface area contributed by atoms with Gasteiger partial charge in [-0.15, -0.1) is 0 Å². The molecule has 0 radical (unpaired) electrons. The Hall–Kier alpha value is -1.49. The number of halogens is 1. The van der Waals surface area contributed by atoms with Crippen LogP contribution in [0.3, 0.4) is 0 Å². The zero-order chi connectivity index (χ0) is 10.6. The Morgan fingerprint density at radius 2 is 2.50 bits per heavy atom. The van der Waals surface area contributed by atoms with Crippen LogP contribution in [0.15, 0.2) is 17.4 Å². The van der Waals surface area contributed by atoms with Gasteiger partial charge in [0.2, 0.25) is 0 Å². The lowest BCUT2D eigenvalue weighted by Crippen LogP contribution is -1.97. The summed E-state index contributed by atoms with van der Waals surface area (Å²) in [6.45, 7) is 0. The van der Waals surface area contributed by atoms with Gasteiger partial charge in [0.1, 0.15) is 0 Å². The molecule has 1 aromatic heterocycles. The normalized spacial score (nSPS) is 8.93. The predicted molar refractivity (Wildman–Crippen MR) is 55.5 cm³/mol. The summed E-state index contributed by atoms with van der Waals surface area (Å²) >= 11 is 10.4. The van der Waals surface area contributed by atoms with E-state index in [1.54, 1.807) is 0 Å². The van der Waals surface area contributed by atoms with Gasteiger partial charge in [-0.25, -0.2) is 0 Å². The van der Waals surface area contributed by atoms with Crippen LogP contribution in [0, 0.1) is 0 Å². The summed E-state index contributed by atoms with van der Waals surface area (Å²) < 4.78 is 0. The zero-order valence-electron chi connectivity index (χ0n) is 6.72. The molecular formula is C7H3ClN4OS. The van der Waals surface area contributed by atoms with Gasteiger partial charge in [-0.3, -0.25) is 9.78 Å². The smallest absolute Gasteiger partial charge is 0.250 e. The number of amides is 1. The maximum atomic E-state index is 11.0. The standard InChI is InChI=1S/C7H3ClN4OS/c8-5-1-4(7(13)11-12-9)2-10-6(5)3-14/h1-3H. The van der Waals surface area contributed by atoms with Crippen molar-refractivity contribution in [2.45, 2.75) is 0 Å². The van der Waals surface area contributed by atoms with Crippen molar-refractivity contribution in [2.24, 2.45) is 5.11 Å². The fourth-order valence-electron chi connectivity index (χ4n) is 0.751. The number of rotatable bonds is 2. The van der Waals surface area contributed by atoms with Gasteiger partial charge in [0.15, 0.2) is 0 Å². The second-order valence-electron chi connectivity index (χ2n) is 2.20. The van der Waals surface area contributed by atoms with Gasteiger partial charge in [0.25, 0.3) is 5.91 Å². The summed E-state index contributed by atoms with van der Waals surface area (Å²) in [5, 5.41) is 4.44. The maximum Gasteiger partial charge on any atom is 0.250 e. The summed E-state index contributed by atoms with van der Waals surface area (Å²) in [7, 11) is 0. The molecule has 0 saturated heterocycles. The van der Waals surface area contributed by atoms with E-state index in [0.717, 1.165) is 0 Å². The van der Waals surface area contributed by atoms with E-state index in [9.17, 15) is 4.79 Å². The van der Waals surface area contributed by atoms with Crippen molar-refractivity contribution in [3.05, 3.63) is 39.0 Å². The van der Waals surface area contributed by atoms with Crippen molar-refractivity contribution in [3.63, 3.8) is 0 Å². The van der Waals surface area contributed by atoms with Gasteiger partial charge >= 0.3 is 0 Å². The van der Waals surface area contributed by atoms with E-state index in [2.05, 4.69) is 27.2 Å². The summed E-state index contributed by atoms with van der Waals surface area (Å²) in [5.74, 6) is -0.724. The fourth-order valence-corrected chi connectivity index (χ4v) is 1.22. The monoisotopic (exact) mass is 226 g/mol. The molecule has 0 aliphatic heterocycles. The average Bonchev–Trinajstić information content (AvgIpc) is 2.18. The number of aromatic nitrogens is 1. The van der Waals surface area contributed by atoms with Gasteiger partial charge < -0.3 is 0 Å². The van der Waals surface area contributed by atoms with Crippen molar-refractivity contribution >= 4 is 35.1 Å². The molecule has 5 nitrogen and oxygen atoms in total. The molecule has 1 rings (SSSR count). The lowest BCUT2D eigenvalue weighted by molar-refractivity contribution is 0.1000. The minimum Gasteiger partial charge on any atom is -0.287 e. The molecule has 0 spiro atoms. The molecule has 0 aliphatic rings. The van der Waals surface area contributed by atoms with Crippen LogP contribution >= 0.6 is 23.8 Å². The van der Waals surface area contributed by atoms with Gasteiger partial charge in [-0.05, 0) is 16.7 Å². The van der Waals surface area contributed by atoms with Crippen LogP contribution < -0.4 is 0 Å². The van der Waals surface area contributed by atoms with Crippen LogP contribution in [0.4, 0.5) is 0 Å². The molecule has 1 amide bonds. The molecule has 0 N–H and O–H groups in total. The Morgan fingerprint density at radius 1 is 1.79 bits per heavy atom. The first-order valence-electron chi connectivity index (χ1n) is 3.39. The van der Waals surface area contributed by atoms with Crippen LogP contribution in [-0.4, -0.2) is 16.3 Å². The van der Waals surface area contributed by atoms with Crippen molar-refractivity contribution in [2.75, 3.05) is 0 Å². The Kier molecular flexibility index (Phi) is 3.53. The molecule has 0 aromatic carbocycles. The molecule has 70 valence electrons. The third-order valence-corrected chi connectivity index (χ3v) is 1.89. The lowest BCUT2D eigenvalue weighted by atomic mass is 10.2. The van der Waals surface area contributed by atoms with Crippen molar-refractivity contribution < 1.29 is 4.79 Å². The van der Waals surface area contributed by atoms with Crippen LogP contribution in [0.1, 0.15) is 16.1 Å². The summed E-state index contributed by atoms with van der Waals surface area (Å²) in [6, 6.07) is 1.35. The average molecular weight is 227 g/mol. The van der Waals surface area contributed by atoms with Gasteiger partial charge in [-0.1, -0.05) is 23.8 Å². The number of nitrogens with zero attached hydrogens (tertiary/aromatic N) is 4. The molecule has 0 bridgehead atoms. The van der Waals surface area contributed by atoms with Crippen LogP contribution in [0.5, 0.6) is 0 Å². The van der Waals surface area contributed by atoms with Gasteiger partial charge in [0.05, 0.1) is 10.7 Å². The first-order chi connectivity index (χ1) is 6.69. The Labute approximate surface area is 89.3 Å². The second-order valence-corrected chi connectivity index (χ2v) is 2.85. The predicted octanol–water partition coefficient (Wildman–Crippen LogP) is 2.53. The highest BCUT2D eigenvalue weighted by Gasteiger charge is 2.06. The highest BCUT2D eigenvalue weighted by Crippen LogP contribution is 2.14. The van der Waals surface area contributed by atoms with E-state index in [1.807, 2.05) is 0 Å². The minimum absolute atomic E-state index is 0.133. The largest absolute Gasteiger partial charge is 0.287 e. The van der Waals surface area contributed by atoms with Crippen molar-refractivity contribution in [1.29, 1.82) is 0 Å². The zero-order valence-corrected chi connectivity index (χ0v) is 8.29. The van der Waals surface area contributed by atoms with E-state index < -0.39 is 5.91 Å². The number of azide groups is 1. The molecule has 0 atom stereocenters. The molecular weight excluding hydrogens is 224 g/mol. The first kappa shape index (κ1) is 10.6. The third kappa shape index (κ3) is 2.26. The molecule has 1 aromatic rings. The molecule has 0 aliphatic carbocycles. The number of thiocarbonyl (C=S) groups is 1. The van der Waals surface area contributed by atoms with Crippen molar-refractivity contribution in [3.8, 4) is 0 Å². The Morgan fingerprint density at radius 3 is 3.00 bits per heavy atom. The molecule has 0 saturated carbocycles. The summed E-state index contributed by atoms with van der Waals surface area (Å²) in [6.07, 6.45) is 1.25. The highest BCUT2D eigenvalue weighted by atomic mass is 35.5. The molecule has 1 heterocycles. The summed E-state index contributed by atoms with van der Waals surface area (Å²) in [4.78, 5) is 17.2. The van der Waals surface area contributed by atoms with E-state index in [1.165, 1.54) is 17.6 Å². The number of pyridine rings is 1. The number of carbonyl (C=O) groups is 1. The first-order valence-corrected chi connectivity index (χ1v) is 4.24. The molecule has 7 heteroatoms. The van der Waals surface area contributed by atoms with Crippen LogP contribution in [-0.2, 0) is 0 Å². The topological polar surface area (TPSA) is 78.7 Å².